The smallest absolute Gasteiger partial charge is 0.278 e. The van der Waals surface area contributed by atoms with Crippen LogP contribution in [-0.2, 0) is 4.79 Å². The first-order valence-corrected chi connectivity index (χ1v) is 2.77. The topological polar surface area (TPSA) is 41.1 Å². The van der Waals surface area contributed by atoms with Crippen LogP contribution in [0, 0.1) is 0 Å². The van der Waals surface area contributed by atoms with E-state index in [1.165, 1.54) is 0 Å². The Morgan fingerprint density at radius 3 is 2.38 bits per heavy atom. The van der Waals surface area contributed by atoms with Gasteiger partial charge in [0.25, 0.3) is 5.91 Å². The van der Waals surface area contributed by atoms with Crippen molar-refractivity contribution in [3.63, 3.8) is 0 Å². The minimum absolute atomic E-state index is 0.161. The van der Waals surface area contributed by atoms with Crippen LogP contribution in [-0.4, -0.2) is 24.0 Å². The fourth-order valence-corrected chi connectivity index (χ4v) is 0.687. The lowest BCUT2D eigenvalue weighted by atomic mass is 10.4. The summed E-state index contributed by atoms with van der Waals surface area (Å²) in [5, 5.41) is 5.34. The van der Waals surface area contributed by atoms with Gasteiger partial charge < -0.3 is 10.6 Å². The van der Waals surface area contributed by atoms with Crippen molar-refractivity contribution < 1.29 is 4.79 Å². The fourth-order valence-electron chi connectivity index (χ4n) is 0.513. The summed E-state index contributed by atoms with van der Waals surface area (Å²) in [5.41, 5.74) is 0. The fraction of sp³-hybridized carbons (Fsp3) is 0.500. The Bertz CT molecular complexity index is 118. The van der Waals surface area contributed by atoms with Crippen molar-refractivity contribution in [2.45, 2.75) is 0 Å². The number of hydrogen-bond donors (Lipinski definition) is 2. The number of piperazine rings is 1. The molecule has 0 aromatic heterocycles. The van der Waals surface area contributed by atoms with Gasteiger partial charge in [-0.2, -0.15) is 0 Å². The molecule has 0 aromatic rings. The Kier molecular flexibility index (Phi) is 1.43. The van der Waals surface area contributed by atoms with Crippen LogP contribution in [0.15, 0.2) is 0 Å². The third kappa shape index (κ3) is 0.949. The number of hydrogen-bond acceptors (Lipinski definition) is 2. The zero-order valence-electron chi connectivity index (χ0n) is 4.23. The second-order valence-electron chi connectivity index (χ2n) is 1.51. The third-order valence-electron chi connectivity index (χ3n) is 0.902. The molecule has 1 saturated heterocycles. The van der Waals surface area contributed by atoms with E-state index in [1.807, 2.05) is 0 Å². The van der Waals surface area contributed by atoms with E-state index >= 15 is 0 Å². The maximum atomic E-state index is 10.5. The molecule has 1 rings (SSSR count). The van der Waals surface area contributed by atoms with Gasteiger partial charge in [0.15, 0.2) is 4.99 Å². The Balaban J connectivity index is 2.52. The summed E-state index contributed by atoms with van der Waals surface area (Å²) in [5.74, 6) is -0.161. The maximum absolute atomic E-state index is 10.5. The van der Waals surface area contributed by atoms with Crippen molar-refractivity contribution >= 4 is 23.1 Å². The molecule has 0 spiro atoms. The van der Waals surface area contributed by atoms with Crippen LogP contribution in [0.1, 0.15) is 0 Å². The summed E-state index contributed by atoms with van der Waals surface area (Å²) < 4.78 is 0. The minimum Gasteiger partial charge on any atom is -0.370 e. The first-order valence-electron chi connectivity index (χ1n) is 2.37. The highest BCUT2D eigenvalue weighted by Gasteiger charge is 2.10. The van der Waals surface area contributed by atoms with E-state index in [4.69, 9.17) is 0 Å². The van der Waals surface area contributed by atoms with Gasteiger partial charge in [-0.1, -0.05) is 12.2 Å². The van der Waals surface area contributed by atoms with Crippen molar-refractivity contribution in [3.05, 3.63) is 0 Å². The number of carbonyl (C=O) groups excluding carboxylic acids is 1. The van der Waals surface area contributed by atoms with Gasteiger partial charge in [-0.3, -0.25) is 4.79 Å². The standard InChI is InChI=1S/C4H6N2OS/c7-3-4(8)6-2-1-5-3/h1-2H2,(H,5,7)(H,6,8). The van der Waals surface area contributed by atoms with E-state index < -0.39 is 0 Å². The summed E-state index contributed by atoms with van der Waals surface area (Å²) in [6, 6.07) is 0. The summed E-state index contributed by atoms with van der Waals surface area (Å²) in [7, 11) is 0. The zero-order valence-corrected chi connectivity index (χ0v) is 5.05. The third-order valence-corrected chi connectivity index (χ3v) is 1.23. The van der Waals surface area contributed by atoms with Crippen LogP contribution in [0.3, 0.4) is 0 Å². The predicted octanol–water partition coefficient (Wildman–Crippen LogP) is -0.967. The summed E-state index contributed by atoms with van der Waals surface area (Å²) in [6.45, 7) is 1.43. The van der Waals surface area contributed by atoms with Crippen molar-refractivity contribution in [1.82, 2.24) is 10.6 Å². The van der Waals surface area contributed by atoms with Crippen molar-refractivity contribution in [3.8, 4) is 0 Å². The Morgan fingerprint density at radius 2 is 2.00 bits per heavy atom. The molecule has 0 radical (unpaired) electrons. The largest absolute Gasteiger partial charge is 0.370 e. The molecule has 4 heteroatoms. The SMILES string of the molecule is O=C1NCCNC1=S. The summed E-state index contributed by atoms with van der Waals surface area (Å²) in [6.07, 6.45) is 0. The van der Waals surface area contributed by atoms with E-state index in [2.05, 4.69) is 22.9 Å². The Labute approximate surface area is 52.4 Å². The molecule has 1 fully saturated rings. The lowest BCUT2D eigenvalue weighted by molar-refractivity contribution is -0.115. The van der Waals surface area contributed by atoms with Crippen LogP contribution < -0.4 is 10.6 Å². The van der Waals surface area contributed by atoms with Crippen molar-refractivity contribution in [2.75, 3.05) is 13.1 Å². The normalized spacial score (nSPS) is 19.5. The molecule has 0 saturated carbocycles. The van der Waals surface area contributed by atoms with Crippen LogP contribution >= 0.6 is 12.2 Å². The molecular formula is C4H6N2OS. The molecule has 0 atom stereocenters. The molecule has 0 bridgehead atoms. The summed E-state index contributed by atoms with van der Waals surface area (Å²) in [4.78, 5) is 10.8. The highest BCUT2D eigenvalue weighted by Crippen LogP contribution is 1.77. The lowest BCUT2D eigenvalue weighted by Crippen LogP contribution is -2.48. The van der Waals surface area contributed by atoms with Crippen molar-refractivity contribution in [1.29, 1.82) is 0 Å². The van der Waals surface area contributed by atoms with Crippen LogP contribution in [0.5, 0.6) is 0 Å². The minimum atomic E-state index is -0.161. The number of amides is 1. The summed E-state index contributed by atoms with van der Waals surface area (Å²) >= 11 is 4.61. The van der Waals surface area contributed by atoms with E-state index in [0.29, 0.717) is 11.5 Å². The molecule has 3 nitrogen and oxygen atoms in total. The lowest BCUT2D eigenvalue weighted by Gasteiger charge is -2.13. The van der Waals surface area contributed by atoms with Gasteiger partial charge in [-0.25, -0.2) is 0 Å². The predicted molar refractivity (Wildman–Crippen MR) is 33.6 cm³/mol. The van der Waals surface area contributed by atoms with Gasteiger partial charge in [-0.15, -0.1) is 0 Å². The molecule has 2 N–H and O–H groups in total. The van der Waals surface area contributed by atoms with Gasteiger partial charge in [0.1, 0.15) is 0 Å². The number of nitrogens with one attached hydrogen (secondary N) is 2. The van der Waals surface area contributed by atoms with Crippen molar-refractivity contribution in [2.24, 2.45) is 0 Å². The first-order chi connectivity index (χ1) is 3.80. The monoisotopic (exact) mass is 130 g/mol. The molecule has 1 aliphatic heterocycles. The average molecular weight is 130 g/mol. The quantitative estimate of drug-likeness (QED) is 0.415. The zero-order chi connectivity index (χ0) is 5.98. The second-order valence-corrected chi connectivity index (χ2v) is 1.92. The average Bonchev–Trinajstić information content (AvgIpc) is 1.77. The van der Waals surface area contributed by atoms with E-state index in [1.54, 1.807) is 0 Å². The highest BCUT2D eigenvalue weighted by atomic mass is 32.1. The van der Waals surface area contributed by atoms with Gasteiger partial charge in [-0.05, 0) is 0 Å². The number of carbonyl (C=O) groups is 1. The first kappa shape index (κ1) is 5.50. The Morgan fingerprint density at radius 1 is 1.38 bits per heavy atom. The number of thiocarbonyl (C=S) groups is 1. The van der Waals surface area contributed by atoms with E-state index in [-0.39, 0.29) is 5.91 Å². The molecule has 1 heterocycles. The highest BCUT2D eigenvalue weighted by molar-refractivity contribution is 7.82. The van der Waals surface area contributed by atoms with E-state index in [0.717, 1.165) is 6.54 Å². The number of rotatable bonds is 0. The van der Waals surface area contributed by atoms with Gasteiger partial charge in [0.05, 0.1) is 0 Å². The Hall–Kier alpha value is -0.640. The van der Waals surface area contributed by atoms with Gasteiger partial charge in [0, 0.05) is 13.1 Å². The molecule has 1 aliphatic rings. The van der Waals surface area contributed by atoms with Crippen LogP contribution in [0.25, 0.3) is 0 Å². The molecule has 0 aliphatic carbocycles. The maximum Gasteiger partial charge on any atom is 0.278 e. The molecule has 0 unspecified atom stereocenters. The molecule has 8 heavy (non-hydrogen) atoms. The molecule has 0 aromatic carbocycles. The second kappa shape index (κ2) is 2.09. The molecule has 1 amide bonds. The van der Waals surface area contributed by atoms with Crippen LogP contribution in [0.2, 0.25) is 0 Å². The van der Waals surface area contributed by atoms with Crippen LogP contribution in [0.4, 0.5) is 0 Å². The molecular weight excluding hydrogens is 124 g/mol. The van der Waals surface area contributed by atoms with Gasteiger partial charge >= 0.3 is 0 Å². The van der Waals surface area contributed by atoms with Gasteiger partial charge in [0.2, 0.25) is 0 Å². The molecule has 44 valence electrons. The van der Waals surface area contributed by atoms with E-state index in [9.17, 15) is 4.79 Å².